The molecule has 28 heavy (non-hydrogen) atoms. The first-order chi connectivity index (χ1) is 13.6. The highest BCUT2D eigenvalue weighted by Gasteiger charge is 2.21. The summed E-state index contributed by atoms with van der Waals surface area (Å²) < 4.78 is 1.49. The summed E-state index contributed by atoms with van der Waals surface area (Å²) in [6.45, 7) is 0. The zero-order chi connectivity index (χ0) is 19.5. The van der Waals surface area contributed by atoms with Crippen LogP contribution in [-0.2, 0) is 6.42 Å². The number of aromatic carboxylic acids is 1. The summed E-state index contributed by atoms with van der Waals surface area (Å²) >= 11 is 1.25. The minimum Gasteiger partial charge on any atom is -0.478 e. The number of thioether (sulfide) groups is 1. The number of carboxylic acids is 1. The number of carbonyl (C=O) groups excluding carboxylic acids is 1. The van der Waals surface area contributed by atoms with Crippen LogP contribution in [0.25, 0.3) is 5.69 Å². The van der Waals surface area contributed by atoms with E-state index in [1.54, 1.807) is 12.1 Å². The molecular weight excluding hydrogens is 376 g/mol. The molecule has 0 unspecified atom stereocenters. The average Bonchev–Trinajstić information content (AvgIpc) is 3.40. The van der Waals surface area contributed by atoms with Gasteiger partial charge in [-0.3, -0.25) is 4.79 Å². The zero-order valence-electron chi connectivity index (χ0n) is 15.0. The monoisotopic (exact) mass is 394 g/mol. The van der Waals surface area contributed by atoms with Crippen LogP contribution in [0.5, 0.6) is 0 Å². The van der Waals surface area contributed by atoms with E-state index in [1.165, 1.54) is 47.0 Å². The number of carboxylic acid groups (broad SMARTS) is 1. The van der Waals surface area contributed by atoms with E-state index in [1.807, 2.05) is 24.3 Å². The molecule has 0 radical (unpaired) electrons. The lowest BCUT2D eigenvalue weighted by molar-refractivity contribution is 0.0696. The topological polar surface area (TPSA) is 98.0 Å². The van der Waals surface area contributed by atoms with Crippen molar-refractivity contribution in [3.63, 3.8) is 0 Å². The minimum atomic E-state index is -0.994. The summed E-state index contributed by atoms with van der Waals surface area (Å²) in [5.74, 6) is 0.0566. The Bertz CT molecular complexity index is 995. The number of carbonyl (C=O) groups is 2. The van der Waals surface area contributed by atoms with Crippen LogP contribution in [-0.4, -0.2) is 42.8 Å². The molecule has 0 saturated heterocycles. The quantitative estimate of drug-likeness (QED) is 0.462. The summed E-state index contributed by atoms with van der Waals surface area (Å²) in [7, 11) is 0. The number of nitrogens with zero attached hydrogens (tertiary/aromatic N) is 4. The number of rotatable bonds is 8. The van der Waals surface area contributed by atoms with Gasteiger partial charge in [0.15, 0.2) is 5.78 Å². The molecule has 0 aliphatic heterocycles. The molecule has 0 atom stereocenters. The Labute approximate surface area is 165 Å². The molecule has 2 aromatic carbocycles. The van der Waals surface area contributed by atoms with Gasteiger partial charge in [0.2, 0.25) is 5.16 Å². The van der Waals surface area contributed by atoms with Crippen molar-refractivity contribution in [1.82, 2.24) is 20.2 Å². The van der Waals surface area contributed by atoms with E-state index in [9.17, 15) is 9.59 Å². The molecule has 8 heteroatoms. The van der Waals surface area contributed by atoms with Crippen molar-refractivity contribution in [2.24, 2.45) is 5.92 Å². The van der Waals surface area contributed by atoms with Gasteiger partial charge in [0.25, 0.3) is 0 Å². The maximum absolute atomic E-state index is 12.5. The van der Waals surface area contributed by atoms with E-state index in [2.05, 4.69) is 15.5 Å². The van der Waals surface area contributed by atoms with Gasteiger partial charge >= 0.3 is 5.97 Å². The Morgan fingerprint density at radius 2 is 1.71 bits per heavy atom. The van der Waals surface area contributed by atoms with Crippen LogP contribution in [0.15, 0.2) is 53.7 Å². The van der Waals surface area contributed by atoms with Crippen molar-refractivity contribution in [3.05, 3.63) is 65.2 Å². The first-order valence-corrected chi connectivity index (χ1v) is 9.96. The summed E-state index contributed by atoms with van der Waals surface area (Å²) in [5.41, 5.74) is 2.78. The number of Topliss-reactive ketones (excluding diaryl/α,β-unsaturated/α-hetero) is 1. The van der Waals surface area contributed by atoms with Crippen LogP contribution >= 0.6 is 11.8 Å². The molecule has 1 heterocycles. The summed E-state index contributed by atoms with van der Waals surface area (Å²) in [5, 5.41) is 21.0. The molecule has 1 saturated carbocycles. The second kappa shape index (κ2) is 7.93. The van der Waals surface area contributed by atoms with Crippen molar-refractivity contribution < 1.29 is 14.7 Å². The first kappa shape index (κ1) is 18.4. The predicted molar refractivity (Wildman–Crippen MR) is 104 cm³/mol. The van der Waals surface area contributed by atoms with E-state index in [0.717, 1.165) is 12.3 Å². The lowest BCUT2D eigenvalue weighted by Crippen LogP contribution is -2.05. The standard InChI is InChI=1S/C20H18N4O3S/c25-18(15-5-3-14(4-6-15)11-13-1-2-13)12-28-20-21-22-23-24(20)17-9-7-16(8-10-17)19(26)27/h3-10,13H,1-2,11-12H2,(H,26,27). The van der Waals surface area contributed by atoms with Crippen LogP contribution in [0.1, 0.15) is 39.1 Å². The van der Waals surface area contributed by atoms with E-state index in [4.69, 9.17) is 5.11 Å². The predicted octanol–water partition coefficient (Wildman–Crippen LogP) is 3.29. The maximum atomic E-state index is 12.5. The van der Waals surface area contributed by atoms with Gasteiger partial charge in [0.05, 0.1) is 17.0 Å². The van der Waals surface area contributed by atoms with Crippen LogP contribution in [0.2, 0.25) is 0 Å². The molecule has 1 N–H and O–H groups in total. The molecule has 1 aliphatic rings. The third-order valence-electron chi connectivity index (χ3n) is 4.63. The van der Waals surface area contributed by atoms with Gasteiger partial charge in [-0.1, -0.05) is 36.0 Å². The Balaban J connectivity index is 1.40. The smallest absolute Gasteiger partial charge is 0.335 e. The average molecular weight is 394 g/mol. The van der Waals surface area contributed by atoms with E-state index in [-0.39, 0.29) is 17.1 Å². The number of hydrogen-bond acceptors (Lipinski definition) is 6. The summed E-state index contributed by atoms with van der Waals surface area (Å²) in [4.78, 5) is 23.5. The number of ketones is 1. The third-order valence-corrected chi connectivity index (χ3v) is 5.55. The molecule has 7 nitrogen and oxygen atoms in total. The van der Waals surface area contributed by atoms with Gasteiger partial charge in [-0.25, -0.2) is 4.79 Å². The van der Waals surface area contributed by atoms with Crippen LogP contribution in [0.3, 0.4) is 0 Å². The summed E-state index contributed by atoms with van der Waals surface area (Å²) in [6.07, 6.45) is 3.72. The molecule has 1 fully saturated rings. The molecule has 0 amide bonds. The SMILES string of the molecule is O=C(O)c1ccc(-n2nnnc2SCC(=O)c2ccc(CC3CC3)cc2)cc1. The van der Waals surface area contributed by atoms with Crippen molar-refractivity contribution >= 4 is 23.5 Å². The lowest BCUT2D eigenvalue weighted by atomic mass is 10.1. The van der Waals surface area contributed by atoms with Crippen molar-refractivity contribution in [2.45, 2.75) is 24.4 Å². The zero-order valence-corrected chi connectivity index (χ0v) is 15.8. The Morgan fingerprint density at radius 3 is 2.36 bits per heavy atom. The lowest BCUT2D eigenvalue weighted by Gasteiger charge is -2.05. The molecular formula is C20H18N4O3S. The Morgan fingerprint density at radius 1 is 1.04 bits per heavy atom. The minimum absolute atomic E-state index is 0.0127. The number of benzene rings is 2. The molecule has 142 valence electrons. The molecule has 0 spiro atoms. The Kier molecular flexibility index (Phi) is 5.21. The van der Waals surface area contributed by atoms with Crippen LogP contribution < -0.4 is 0 Å². The number of hydrogen-bond donors (Lipinski definition) is 1. The van der Waals surface area contributed by atoms with Crippen LogP contribution in [0, 0.1) is 5.92 Å². The molecule has 0 bridgehead atoms. The second-order valence-corrected chi connectivity index (χ2v) is 7.72. The normalized spacial score (nSPS) is 13.4. The van der Waals surface area contributed by atoms with E-state index >= 15 is 0 Å². The van der Waals surface area contributed by atoms with Crippen molar-refractivity contribution in [3.8, 4) is 5.69 Å². The fourth-order valence-electron chi connectivity index (χ4n) is 2.87. The highest BCUT2D eigenvalue weighted by Crippen LogP contribution is 2.32. The van der Waals surface area contributed by atoms with Gasteiger partial charge < -0.3 is 5.11 Å². The number of aromatic nitrogens is 4. The van der Waals surface area contributed by atoms with Gasteiger partial charge in [-0.05, 0) is 65.4 Å². The fraction of sp³-hybridized carbons (Fsp3) is 0.250. The van der Waals surface area contributed by atoms with Gasteiger partial charge in [0.1, 0.15) is 0 Å². The fourth-order valence-corrected chi connectivity index (χ4v) is 3.66. The van der Waals surface area contributed by atoms with Crippen LogP contribution in [0.4, 0.5) is 0 Å². The van der Waals surface area contributed by atoms with E-state index < -0.39 is 5.97 Å². The maximum Gasteiger partial charge on any atom is 0.335 e. The highest BCUT2D eigenvalue weighted by molar-refractivity contribution is 7.99. The Hall–Kier alpha value is -3.00. The molecule has 3 aromatic rings. The first-order valence-electron chi connectivity index (χ1n) is 8.97. The molecule has 1 aliphatic carbocycles. The van der Waals surface area contributed by atoms with E-state index in [0.29, 0.717) is 16.4 Å². The van der Waals surface area contributed by atoms with Crippen molar-refractivity contribution in [1.29, 1.82) is 0 Å². The molecule has 4 rings (SSSR count). The van der Waals surface area contributed by atoms with Gasteiger partial charge in [-0.2, -0.15) is 4.68 Å². The van der Waals surface area contributed by atoms with Crippen molar-refractivity contribution in [2.75, 3.05) is 5.75 Å². The largest absolute Gasteiger partial charge is 0.478 e. The number of tetrazole rings is 1. The molecule has 1 aromatic heterocycles. The van der Waals surface area contributed by atoms with Gasteiger partial charge in [0, 0.05) is 5.56 Å². The third kappa shape index (κ3) is 4.28. The summed E-state index contributed by atoms with van der Waals surface area (Å²) in [6, 6.07) is 14.1. The second-order valence-electron chi connectivity index (χ2n) is 6.78. The highest BCUT2D eigenvalue weighted by atomic mass is 32.2. The van der Waals surface area contributed by atoms with Gasteiger partial charge in [-0.15, -0.1) is 5.10 Å².